The van der Waals surface area contributed by atoms with Gasteiger partial charge >= 0.3 is 5.97 Å². The van der Waals surface area contributed by atoms with E-state index in [1.807, 2.05) is 24.0 Å². The second kappa shape index (κ2) is 5.50. The number of nitrogens with zero attached hydrogens (tertiary/aromatic N) is 1. The van der Waals surface area contributed by atoms with Crippen molar-refractivity contribution in [3.05, 3.63) is 28.3 Å². The third kappa shape index (κ3) is 2.62. The van der Waals surface area contributed by atoms with Crippen molar-refractivity contribution in [1.29, 1.82) is 0 Å². The van der Waals surface area contributed by atoms with Crippen LogP contribution in [0.15, 0.2) is 12.1 Å². The van der Waals surface area contributed by atoms with E-state index in [4.69, 9.17) is 16.3 Å². The second-order valence-corrected chi connectivity index (χ2v) is 6.55. The first-order valence-corrected chi connectivity index (χ1v) is 7.81. The van der Waals surface area contributed by atoms with E-state index in [9.17, 15) is 9.90 Å². The Morgan fingerprint density at radius 1 is 1.48 bits per heavy atom. The minimum absolute atomic E-state index is 0.575. The molecule has 4 nitrogen and oxygen atoms in total. The molecule has 2 aliphatic rings. The zero-order valence-corrected chi connectivity index (χ0v) is 12.9. The van der Waals surface area contributed by atoms with E-state index in [0.29, 0.717) is 24.6 Å². The molecule has 1 fully saturated rings. The van der Waals surface area contributed by atoms with E-state index in [-0.39, 0.29) is 0 Å². The van der Waals surface area contributed by atoms with Crippen LogP contribution in [-0.4, -0.2) is 34.7 Å². The topological polar surface area (TPSA) is 49.8 Å². The number of piperidine rings is 1. The van der Waals surface area contributed by atoms with Crippen LogP contribution in [0.1, 0.15) is 37.3 Å². The Bertz CT molecular complexity index is 575. The Hall–Kier alpha value is -1.26. The highest BCUT2D eigenvalue weighted by atomic mass is 35.5. The lowest BCUT2D eigenvalue weighted by molar-refractivity contribution is -0.153. The summed E-state index contributed by atoms with van der Waals surface area (Å²) in [5, 5.41) is 10.3. The molecule has 3 rings (SSSR count). The molecule has 1 N–H and O–H groups in total. The zero-order valence-electron chi connectivity index (χ0n) is 12.2. The first-order chi connectivity index (χ1) is 10.0. The van der Waals surface area contributed by atoms with Crippen molar-refractivity contribution in [2.75, 3.05) is 13.2 Å². The summed E-state index contributed by atoms with van der Waals surface area (Å²) in [5.41, 5.74) is 1.34. The van der Waals surface area contributed by atoms with Crippen LogP contribution in [-0.2, 0) is 17.8 Å². The largest absolute Gasteiger partial charge is 0.493 e. The maximum absolute atomic E-state index is 11.7. The molecule has 0 spiro atoms. The van der Waals surface area contributed by atoms with Crippen LogP contribution in [0.4, 0.5) is 0 Å². The van der Waals surface area contributed by atoms with Crippen molar-refractivity contribution >= 4 is 17.6 Å². The van der Waals surface area contributed by atoms with Gasteiger partial charge in [-0.1, -0.05) is 11.6 Å². The third-order valence-electron chi connectivity index (χ3n) is 4.69. The lowest BCUT2D eigenvalue weighted by Crippen LogP contribution is -2.54. The molecule has 0 aliphatic carbocycles. The first-order valence-electron chi connectivity index (χ1n) is 7.43. The van der Waals surface area contributed by atoms with Crippen molar-refractivity contribution in [3.8, 4) is 5.75 Å². The number of ether oxygens (including phenoxy) is 1. The Balaban J connectivity index is 1.91. The Morgan fingerprint density at radius 2 is 2.29 bits per heavy atom. The molecule has 1 saturated heterocycles. The number of carboxylic acids is 1. The van der Waals surface area contributed by atoms with Gasteiger partial charge in [-0.25, -0.2) is 0 Å². The maximum atomic E-state index is 11.7. The van der Waals surface area contributed by atoms with Crippen molar-refractivity contribution in [1.82, 2.24) is 4.90 Å². The van der Waals surface area contributed by atoms with Gasteiger partial charge in [-0.2, -0.15) is 0 Å². The SMILES string of the molecule is CC1(C(=O)O)CCCCN1Cc1cc(Cl)cc2c1OCC2. The van der Waals surface area contributed by atoms with E-state index in [1.165, 1.54) is 0 Å². The Morgan fingerprint density at radius 3 is 3.05 bits per heavy atom. The molecule has 0 saturated carbocycles. The summed E-state index contributed by atoms with van der Waals surface area (Å²) in [6.07, 6.45) is 3.56. The molecule has 21 heavy (non-hydrogen) atoms. The summed E-state index contributed by atoms with van der Waals surface area (Å²) < 4.78 is 5.72. The Kier molecular flexibility index (Phi) is 3.84. The zero-order chi connectivity index (χ0) is 15.0. The van der Waals surface area contributed by atoms with Crippen LogP contribution in [0.5, 0.6) is 5.75 Å². The molecule has 2 heterocycles. The minimum Gasteiger partial charge on any atom is -0.493 e. The standard InChI is InChI=1S/C16H20ClNO3/c1-16(15(19)20)5-2-3-6-18(16)10-12-9-13(17)8-11-4-7-21-14(11)12/h8-9H,2-7,10H2,1H3,(H,19,20). The average molecular weight is 310 g/mol. The molecule has 114 valence electrons. The van der Waals surface area contributed by atoms with Gasteiger partial charge in [0.2, 0.25) is 0 Å². The molecule has 1 aromatic rings. The predicted octanol–water partition coefficient (Wildman–Crippen LogP) is 3.10. The number of halogens is 1. The molecule has 0 amide bonds. The fourth-order valence-corrected chi connectivity index (χ4v) is 3.61. The highest BCUT2D eigenvalue weighted by Crippen LogP contribution is 2.36. The number of hydrogen-bond acceptors (Lipinski definition) is 3. The second-order valence-electron chi connectivity index (χ2n) is 6.11. The molecule has 1 aromatic carbocycles. The molecule has 1 atom stereocenters. The number of aliphatic carboxylic acids is 1. The molecular formula is C16H20ClNO3. The fraction of sp³-hybridized carbons (Fsp3) is 0.562. The highest BCUT2D eigenvalue weighted by Gasteiger charge is 2.41. The van der Waals surface area contributed by atoms with Gasteiger partial charge in [-0.3, -0.25) is 9.69 Å². The number of benzene rings is 1. The van der Waals surface area contributed by atoms with Gasteiger partial charge in [0.25, 0.3) is 0 Å². The average Bonchev–Trinajstić information content (AvgIpc) is 2.89. The summed E-state index contributed by atoms with van der Waals surface area (Å²) in [4.78, 5) is 13.7. The van der Waals surface area contributed by atoms with Gasteiger partial charge in [0.15, 0.2) is 0 Å². The fourth-order valence-electron chi connectivity index (χ4n) is 3.34. The predicted molar refractivity (Wildman–Crippen MR) is 81.0 cm³/mol. The third-order valence-corrected chi connectivity index (χ3v) is 4.91. The van der Waals surface area contributed by atoms with E-state index < -0.39 is 11.5 Å². The number of carbonyl (C=O) groups is 1. The minimum atomic E-state index is -0.800. The van der Waals surface area contributed by atoms with Crippen molar-refractivity contribution < 1.29 is 14.6 Å². The van der Waals surface area contributed by atoms with Crippen LogP contribution in [0.25, 0.3) is 0 Å². The Labute approximate surface area is 129 Å². The van der Waals surface area contributed by atoms with Gasteiger partial charge < -0.3 is 9.84 Å². The number of rotatable bonds is 3. The van der Waals surface area contributed by atoms with Crippen LogP contribution < -0.4 is 4.74 Å². The molecule has 2 aliphatic heterocycles. The number of hydrogen-bond donors (Lipinski definition) is 1. The van der Waals surface area contributed by atoms with E-state index in [2.05, 4.69) is 0 Å². The van der Waals surface area contributed by atoms with Crippen molar-refractivity contribution in [3.63, 3.8) is 0 Å². The van der Waals surface area contributed by atoms with Crippen LogP contribution >= 0.6 is 11.6 Å². The normalized spacial score (nSPS) is 25.4. The van der Waals surface area contributed by atoms with Gasteiger partial charge in [-0.15, -0.1) is 0 Å². The monoisotopic (exact) mass is 309 g/mol. The molecule has 1 unspecified atom stereocenters. The van der Waals surface area contributed by atoms with Crippen LogP contribution in [0.3, 0.4) is 0 Å². The van der Waals surface area contributed by atoms with E-state index >= 15 is 0 Å². The number of carboxylic acid groups (broad SMARTS) is 1. The van der Waals surface area contributed by atoms with E-state index in [0.717, 1.165) is 42.7 Å². The lowest BCUT2D eigenvalue weighted by atomic mass is 9.88. The van der Waals surface area contributed by atoms with Gasteiger partial charge in [0.1, 0.15) is 11.3 Å². The summed E-state index contributed by atoms with van der Waals surface area (Å²) >= 11 is 6.19. The van der Waals surface area contributed by atoms with Crippen molar-refractivity contribution in [2.45, 2.75) is 44.7 Å². The summed E-state index contributed by atoms with van der Waals surface area (Å²) in [6, 6.07) is 3.85. The van der Waals surface area contributed by atoms with Crippen LogP contribution in [0, 0.1) is 0 Å². The quantitative estimate of drug-likeness (QED) is 0.932. The molecular weight excluding hydrogens is 290 g/mol. The smallest absolute Gasteiger partial charge is 0.323 e. The molecule has 0 radical (unpaired) electrons. The number of fused-ring (bicyclic) bond motifs is 1. The highest BCUT2D eigenvalue weighted by molar-refractivity contribution is 6.30. The summed E-state index contributed by atoms with van der Waals surface area (Å²) in [5.74, 6) is 0.152. The van der Waals surface area contributed by atoms with Gasteiger partial charge in [0, 0.05) is 23.6 Å². The maximum Gasteiger partial charge on any atom is 0.323 e. The molecule has 0 bridgehead atoms. The first kappa shape index (κ1) is 14.7. The van der Waals surface area contributed by atoms with Gasteiger partial charge in [-0.05, 0) is 50.4 Å². The molecule has 5 heteroatoms. The van der Waals surface area contributed by atoms with Gasteiger partial charge in [0.05, 0.1) is 6.61 Å². The summed E-state index contributed by atoms with van der Waals surface area (Å²) in [6.45, 7) is 3.87. The molecule has 0 aromatic heterocycles. The summed E-state index contributed by atoms with van der Waals surface area (Å²) in [7, 11) is 0. The van der Waals surface area contributed by atoms with Crippen LogP contribution in [0.2, 0.25) is 5.02 Å². The van der Waals surface area contributed by atoms with Crippen molar-refractivity contribution in [2.24, 2.45) is 0 Å². The lowest BCUT2D eigenvalue weighted by Gasteiger charge is -2.41. The van der Waals surface area contributed by atoms with E-state index in [1.54, 1.807) is 0 Å². The number of likely N-dealkylation sites (tertiary alicyclic amines) is 1.